The van der Waals surface area contributed by atoms with E-state index in [4.69, 9.17) is 0 Å². The largest absolute Gasteiger partial charge is 0.504 e. The second-order valence-electron chi connectivity index (χ2n) is 5.35. The van der Waals surface area contributed by atoms with Gasteiger partial charge >= 0.3 is 6.18 Å². The van der Waals surface area contributed by atoms with Crippen molar-refractivity contribution in [3.63, 3.8) is 0 Å². The molecule has 0 saturated carbocycles. The smallest absolute Gasteiger partial charge is 0.416 e. The highest BCUT2D eigenvalue weighted by atomic mass is 19.4. The fraction of sp³-hybridized carbons (Fsp3) is 0.235. The number of hydrogen-bond acceptors (Lipinski definition) is 3. The van der Waals surface area contributed by atoms with Crippen molar-refractivity contribution < 1.29 is 28.2 Å². The highest BCUT2D eigenvalue weighted by molar-refractivity contribution is 5.94. The van der Waals surface area contributed by atoms with Crippen LogP contribution in [0.5, 0.6) is 11.5 Å². The SMILES string of the molecule is Cc1cc(O)c(O)cc1CCNC(=O)c1ccc(C(F)(F)F)cc1. The molecule has 0 saturated heterocycles. The molecule has 24 heavy (non-hydrogen) atoms. The summed E-state index contributed by atoms with van der Waals surface area (Å²) in [4.78, 5) is 11.9. The highest BCUT2D eigenvalue weighted by Gasteiger charge is 2.30. The first-order valence-corrected chi connectivity index (χ1v) is 7.15. The van der Waals surface area contributed by atoms with Crippen molar-refractivity contribution in [1.82, 2.24) is 5.32 Å². The van der Waals surface area contributed by atoms with Gasteiger partial charge in [-0.05, 0) is 60.9 Å². The van der Waals surface area contributed by atoms with Crippen molar-refractivity contribution in [3.05, 3.63) is 58.7 Å². The van der Waals surface area contributed by atoms with Crippen molar-refractivity contribution in [2.75, 3.05) is 6.54 Å². The maximum atomic E-state index is 12.5. The van der Waals surface area contributed by atoms with Crippen molar-refractivity contribution in [2.45, 2.75) is 19.5 Å². The number of hydrogen-bond donors (Lipinski definition) is 3. The Balaban J connectivity index is 1.95. The standard InChI is InChI=1S/C17H16F3NO3/c1-10-8-14(22)15(23)9-12(10)6-7-21-16(24)11-2-4-13(5-3-11)17(18,19)20/h2-5,8-9,22-23H,6-7H2,1H3,(H,21,24). The summed E-state index contributed by atoms with van der Waals surface area (Å²) in [6.07, 6.45) is -4.03. The fourth-order valence-corrected chi connectivity index (χ4v) is 2.22. The molecule has 7 heteroatoms. The van der Waals surface area contributed by atoms with Gasteiger partial charge in [0.15, 0.2) is 11.5 Å². The number of phenolic OH excluding ortho intramolecular Hbond substituents is 2. The predicted molar refractivity (Wildman–Crippen MR) is 82.0 cm³/mol. The number of rotatable bonds is 4. The van der Waals surface area contributed by atoms with Crippen LogP contribution in [0.3, 0.4) is 0 Å². The number of nitrogens with one attached hydrogen (secondary N) is 1. The monoisotopic (exact) mass is 339 g/mol. The maximum absolute atomic E-state index is 12.5. The van der Waals surface area contributed by atoms with Crippen LogP contribution in [0.1, 0.15) is 27.0 Å². The van der Waals surface area contributed by atoms with E-state index >= 15 is 0 Å². The number of halogens is 3. The van der Waals surface area contributed by atoms with Crippen molar-refractivity contribution >= 4 is 5.91 Å². The van der Waals surface area contributed by atoms with Crippen LogP contribution in [0, 0.1) is 6.92 Å². The number of carbonyl (C=O) groups excluding carboxylic acids is 1. The zero-order valence-corrected chi connectivity index (χ0v) is 12.8. The van der Waals surface area contributed by atoms with Crippen LogP contribution in [0.2, 0.25) is 0 Å². The topological polar surface area (TPSA) is 69.6 Å². The summed E-state index contributed by atoms with van der Waals surface area (Å²) in [5.41, 5.74) is 0.828. The molecule has 0 heterocycles. The average Bonchev–Trinajstić information content (AvgIpc) is 2.51. The van der Waals surface area contributed by atoms with E-state index in [1.807, 2.05) is 0 Å². The van der Waals surface area contributed by atoms with E-state index in [-0.39, 0.29) is 23.6 Å². The van der Waals surface area contributed by atoms with Crippen LogP contribution in [-0.2, 0) is 12.6 Å². The lowest BCUT2D eigenvalue weighted by Crippen LogP contribution is -2.25. The summed E-state index contributed by atoms with van der Waals surface area (Å²) >= 11 is 0. The molecule has 0 bridgehead atoms. The lowest BCUT2D eigenvalue weighted by Gasteiger charge is -2.10. The molecular weight excluding hydrogens is 323 g/mol. The molecule has 0 radical (unpaired) electrons. The number of aromatic hydroxyl groups is 2. The molecule has 1 amide bonds. The summed E-state index contributed by atoms with van der Waals surface area (Å²) in [7, 11) is 0. The zero-order valence-electron chi connectivity index (χ0n) is 12.8. The van der Waals surface area contributed by atoms with Gasteiger partial charge in [0.25, 0.3) is 5.91 Å². The van der Waals surface area contributed by atoms with Gasteiger partial charge in [-0.15, -0.1) is 0 Å². The Hall–Kier alpha value is -2.70. The third kappa shape index (κ3) is 4.18. The van der Waals surface area contributed by atoms with Crippen LogP contribution in [0.4, 0.5) is 13.2 Å². The average molecular weight is 339 g/mol. The molecule has 4 nitrogen and oxygen atoms in total. The van der Waals surface area contributed by atoms with Gasteiger partial charge in [0.05, 0.1) is 5.56 Å². The van der Waals surface area contributed by atoms with Gasteiger partial charge in [-0.3, -0.25) is 4.79 Å². The van der Waals surface area contributed by atoms with Crippen molar-refractivity contribution in [1.29, 1.82) is 0 Å². The minimum absolute atomic E-state index is 0.133. The van der Waals surface area contributed by atoms with E-state index < -0.39 is 17.6 Å². The third-order valence-electron chi connectivity index (χ3n) is 3.59. The molecule has 0 unspecified atom stereocenters. The van der Waals surface area contributed by atoms with E-state index in [1.54, 1.807) is 6.92 Å². The Morgan fingerprint density at radius 2 is 1.67 bits per heavy atom. The van der Waals surface area contributed by atoms with Crippen LogP contribution < -0.4 is 5.32 Å². The first-order valence-electron chi connectivity index (χ1n) is 7.15. The van der Waals surface area contributed by atoms with Crippen LogP contribution in [-0.4, -0.2) is 22.7 Å². The van der Waals surface area contributed by atoms with Crippen LogP contribution >= 0.6 is 0 Å². The molecule has 128 valence electrons. The van der Waals surface area contributed by atoms with Crippen molar-refractivity contribution in [3.8, 4) is 11.5 Å². The molecular formula is C17H16F3NO3. The summed E-state index contributed by atoms with van der Waals surface area (Å²) < 4.78 is 37.4. The van der Waals surface area contributed by atoms with Gasteiger partial charge in [0.1, 0.15) is 0 Å². The molecule has 0 fully saturated rings. The zero-order chi connectivity index (χ0) is 17.9. The van der Waals surface area contributed by atoms with Gasteiger partial charge in [-0.2, -0.15) is 13.2 Å². The minimum atomic E-state index is -4.44. The number of amides is 1. The normalized spacial score (nSPS) is 11.3. The van der Waals surface area contributed by atoms with Gasteiger partial charge in [0, 0.05) is 12.1 Å². The van der Waals surface area contributed by atoms with E-state index in [0.717, 1.165) is 35.4 Å². The number of alkyl halides is 3. The highest BCUT2D eigenvalue weighted by Crippen LogP contribution is 2.29. The number of phenols is 2. The molecule has 2 rings (SSSR count). The molecule has 2 aromatic rings. The van der Waals surface area contributed by atoms with Gasteiger partial charge in [0.2, 0.25) is 0 Å². The second kappa shape index (κ2) is 6.82. The molecule has 3 N–H and O–H groups in total. The number of carbonyl (C=O) groups is 1. The van der Waals surface area contributed by atoms with Gasteiger partial charge in [-0.25, -0.2) is 0 Å². The molecule has 0 atom stereocenters. The second-order valence-corrected chi connectivity index (χ2v) is 5.35. The molecule has 0 spiro atoms. The number of aryl methyl sites for hydroxylation is 1. The Morgan fingerprint density at radius 3 is 2.25 bits per heavy atom. The quantitative estimate of drug-likeness (QED) is 0.748. The Bertz CT molecular complexity index is 740. The van der Waals surface area contributed by atoms with Gasteiger partial charge < -0.3 is 15.5 Å². The summed E-state index contributed by atoms with van der Waals surface area (Å²) in [6, 6.07) is 6.79. The van der Waals surface area contributed by atoms with Crippen molar-refractivity contribution in [2.24, 2.45) is 0 Å². The fourth-order valence-electron chi connectivity index (χ4n) is 2.22. The third-order valence-corrected chi connectivity index (χ3v) is 3.59. The predicted octanol–water partition coefficient (Wildman–Crippen LogP) is 3.40. The molecule has 2 aromatic carbocycles. The lowest BCUT2D eigenvalue weighted by atomic mass is 10.0. The Kier molecular flexibility index (Phi) is 5.02. The van der Waals surface area contributed by atoms with E-state index in [9.17, 15) is 28.2 Å². The van der Waals surface area contributed by atoms with Gasteiger partial charge in [-0.1, -0.05) is 0 Å². The molecule has 0 aromatic heterocycles. The molecule has 0 aliphatic rings. The van der Waals surface area contributed by atoms with Crippen LogP contribution in [0.15, 0.2) is 36.4 Å². The Labute approximate surface area is 136 Å². The molecule has 0 aliphatic heterocycles. The summed E-state index contributed by atoms with van der Waals surface area (Å²) in [5, 5.41) is 21.4. The van der Waals surface area contributed by atoms with E-state index in [1.165, 1.54) is 12.1 Å². The first-order chi connectivity index (χ1) is 11.2. The Morgan fingerprint density at radius 1 is 1.08 bits per heavy atom. The van der Waals surface area contributed by atoms with Crippen LogP contribution in [0.25, 0.3) is 0 Å². The van der Waals surface area contributed by atoms with E-state index in [0.29, 0.717) is 6.42 Å². The minimum Gasteiger partial charge on any atom is -0.504 e. The van der Waals surface area contributed by atoms with E-state index in [2.05, 4.69) is 5.32 Å². The maximum Gasteiger partial charge on any atom is 0.416 e. The number of benzene rings is 2. The lowest BCUT2D eigenvalue weighted by molar-refractivity contribution is -0.137. The molecule has 0 aliphatic carbocycles. The summed E-state index contributed by atoms with van der Waals surface area (Å²) in [6.45, 7) is 2.00. The first kappa shape index (κ1) is 17.7. The summed E-state index contributed by atoms with van der Waals surface area (Å²) in [5.74, 6) is -0.945.